The number of hydrogen-bond acceptors (Lipinski definition) is 7. The summed E-state index contributed by atoms with van der Waals surface area (Å²) in [4.78, 5) is 2.82. The van der Waals surface area contributed by atoms with Crippen LogP contribution in [0.1, 0.15) is 17.9 Å². The van der Waals surface area contributed by atoms with Gasteiger partial charge in [0.15, 0.2) is 11.6 Å². The van der Waals surface area contributed by atoms with Gasteiger partial charge in [-0.2, -0.15) is 4.37 Å². The summed E-state index contributed by atoms with van der Waals surface area (Å²) in [5.74, 6) is -2.50. The molecule has 7 nitrogen and oxygen atoms in total. The number of anilines is 1. The van der Waals surface area contributed by atoms with Gasteiger partial charge in [0, 0.05) is 36.1 Å². The fourth-order valence-corrected chi connectivity index (χ4v) is 5.73. The summed E-state index contributed by atoms with van der Waals surface area (Å²) in [5, 5.41) is 4.10. The highest BCUT2D eigenvalue weighted by molar-refractivity contribution is 7.93. The van der Waals surface area contributed by atoms with Crippen molar-refractivity contribution in [1.29, 1.82) is 0 Å². The van der Waals surface area contributed by atoms with E-state index in [1.807, 2.05) is 6.07 Å². The van der Waals surface area contributed by atoms with Crippen molar-refractivity contribution in [2.75, 3.05) is 24.4 Å². The van der Waals surface area contributed by atoms with Gasteiger partial charge in [-0.3, -0.25) is 4.72 Å². The molecule has 2 N–H and O–H groups in total. The fraction of sp³-hybridized carbons (Fsp3) is 0.300. The van der Waals surface area contributed by atoms with E-state index in [2.05, 4.69) is 19.4 Å². The molecular weight excluding hydrogens is 517 g/mol. The van der Waals surface area contributed by atoms with Crippen LogP contribution in [0.25, 0.3) is 0 Å². The molecule has 2 unspecified atom stereocenters. The van der Waals surface area contributed by atoms with E-state index in [9.17, 15) is 17.2 Å². The molecule has 33 heavy (non-hydrogen) atoms. The van der Waals surface area contributed by atoms with Crippen molar-refractivity contribution in [3.63, 3.8) is 0 Å². The maximum absolute atomic E-state index is 14.7. The second kappa shape index (κ2) is 10.1. The molecule has 1 aliphatic heterocycles. The minimum Gasteiger partial charge on any atom is -0.490 e. The second-order valence-electron chi connectivity index (χ2n) is 7.41. The van der Waals surface area contributed by atoms with Crippen molar-refractivity contribution >= 4 is 49.9 Å². The van der Waals surface area contributed by atoms with E-state index in [0.717, 1.165) is 42.5 Å². The molecule has 2 aromatic carbocycles. The molecule has 0 bridgehead atoms. The van der Waals surface area contributed by atoms with E-state index in [4.69, 9.17) is 27.9 Å². The maximum Gasteiger partial charge on any atom is 0.266 e. The molecule has 0 spiro atoms. The Labute approximate surface area is 203 Å². The van der Waals surface area contributed by atoms with E-state index >= 15 is 0 Å². The number of sulfonamides is 1. The molecule has 1 fully saturated rings. The van der Waals surface area contributed by atoms with Gasteiger partial charge in [-0.1, -0.05) is 29.3 Å². The van der Waals surface area contributed by atoms with Gasteiger partial charge in [-0.05, 0) is 36.6 Å². The zero-order chi connectivity index (χ0) is 23.6. The van der Waals surface area contributed by atoms with Crippen LogP contribution in [-0.4, -0.2) is 37.5 Å². The molecular formula is C20H18Cl2F2N4O3S2. The quantitative estimate of drug-likeness (QED) is 0.456. The van der Waals surface area contributed by atoms with E-state index in [1.165, 1.54) is 0 Å². The van der Waals surface area contributed by atoms with Gasteiger partial charge >= 0.3 is 0 Å². The summed E-state index contributed by atoms with van der Waals surface area (Å²) < 4.78 is 65.3. The number of nitrogens with zero attached hydrogens (tertiary/aromatic N) is 2. The molecule has 13 heteroatoms. The van der Waals surface area contributed by atoms with E-state index in [1.54, 1.807) is 12.1 Å². The average Bonchev–Trinajstić information content (AvgIpc) is 3.28. The second-order valence-corrected chi connectivity index (χ2v) is 10.7. The molecule has 176 valence electrons. The molecule has 0 saturated carbocycles. The van der Waals surface area contributed by atoms with Crippen LogP contribution in [-0.2, 0) is 10.0 Å². The molecule has 3 aromatic rings. The first-order chi connectivity index (χ1) is 15.7. The van der Waals surface area contributed by atoms with Crippen LogP contribution >= 0.6 is 34.7 Å². The smallest absolute Gasteiger partial charge is 0.266 e. The molecule has 0 radical (unpaired) electrons. The van der Waals surface area contributed by atoms with Gasteiger partial charge in [-0.25, -0.2) is 22.2 Å². The first kappa shape index (κ1) is 24.1. The topological polar surface area (TPSA) is 93.2 Å². The Hall–Kier alpha value is -2.05. The predicted octanol–water partition coefficient (Wildman–Crippen LogP) is 4.70. The van der Waals surface area contributed by atoms with Crippen LogP contribution in [0.2, 0.25) is 10.0 Å². The number of aromatic nitrogens is 2. The van der Waals surface area contributed by atoms with Crippen LogP contribution in [0, 0.1) is 17.6 Å². The minimum absolute atomic E-state index is 0.0547. The first-order valence-electron chi connectivity index (χ1n) is 9.81. The fourth-order valence-electron chi connectivity index (χ4n) is 3.69. The highest BCUT2D eigenvalue weighted by Crippen LogP contribution is 2.35. The molecule has 2 atom stereocenters. The molecule has 0 amide bonds. The number of piperidine rings is 1. The maximum atomic E-state index is 14.7. The summed E-state index contributed by atoms with van der Waals surface area (Å²) in [6.45, 7) is 1.48. The largest absolute Gasteiger partial charge is 0.490 e. The van der Waals surface area contributed by atoms with E-state index in [-0.39, 0.29) is 29.3 Å². The summed E-state index contributed by atoms with van der Waals surface area (Å²) in [6.07, 6.45) is 1.94. The van der Waals surface area contributed by atoms with Crippen molar-refractivity contribution < 1.29 is 21.9 Å². The van der Waals surface area contributed by atoms with E-state index in [0.29, 0.717) is 22.7 Å². The van der Waals surface area contributed by atoms with Crippen LogP contribution in [0.4, 0.5) is 13.9 Å². The Kier molecular flexibility index (Phi) is 7.34. The summed E-state index contributed by atoms with van der Waals surface area (Å²) in [5.41, 5.74) is 0.982. The normalized spacial score (nSPS) is 18.8. The van der Waals surface area contributed by atoms with Gasteiger partial charge in [0.2, 0.25) is 5.13 Å². The number of hydrogen-bond donors (Lipinski definition) is 2. The van der Waals surface area contributed by atoms with E-state index < -0.39 is 26.6 Å². The predicted molar refractivity (Wildman–Crippen MR) is 123 cm³/mol. The standard InChI is InChI=1S/C20H18Cl2F2N4O3S2/c21-14-2-1-11(5-15(14)22)13-3-4-25-8-12(13)9-31-18-6-17(24)19(7-16(18)23)33(29,30)28-20-26-10-27-32-20/h1-2,5-7,10,12-13,25H,3-4,8-9H2,(H,26,27,28). The first-order valence-corrected chi connectivity index (χ1v) is 12.8. The number of nitrogens with one attached hydrogen (secondary N) is 2. The molecule has 2 heterocycles. The Morgan fingerprint density at radius 3 is 2.73 bits per heavy atom. The SMILES string of the molecule is O=S(=O)(Nc1ncns1)c1cc(F)c(OCC2CNCCC2c2ccc(Cl)c(Cl)c2)cc1F. The molecule has 1 aromatic heterocycles. The number of benzene rings is 2. The van der Waals surface area contributed by atoms with Gasteiger partial charge in [-0.15, -0.1) is 0 Å². The lowest BCUT2D eigenvalue weighted by atomic mass is 9.81. The highest BCUT2D eigenvalue weighted by Gasteiger charge is 2.29. The highest BCUT2D eigenvalue weighted by atomic mass is 35.5. The van der Waals surface area contributed by atoms with Crippen LogP contribution < -0.4 is 14.8 Å². The summed E-state index contributed by atoms with van der Waals surface area (Å²) in [7, 11) is -4.39. The zero-order valence-corrected chi connectivity index (χ0v) is 20.0. The summed E-state index contributed by atoms with van der Waals surface area (Å²) >= 11 is 12.9. The Balaban J connectivity index is 1.50. The third-order valence-corrected chi connectivity index (χ3v) is 8.09. The van der Waals surface area contributed by atoms with Gasteiger partial charge in [0.1, 0.15) is 17.0 Å². The zero-order valence-electron chi connectivity index (χ0n) is 16.9. The van der Waals surface area contributed by atoms with Crippen molar-refractivity contribution in [3.8, 4) is 5.75 Å². The van der Waals surface area contributed by atoms with Gasteiger partial charge in [0.25, 0.3) is 10.0 Å². The lowest BCUT2D eigenvalue weighted by Gasteiger charge is -2.32. The number of halogens is 4. The third kappa shape index (κ3) is 5.55. The summed E-state index contributed by atoms with van der Waals surface area (Å²) in [6, 6.07) is 6.74. The molecule has 1 saturated heterocycles. The minimum atomic E-state index is -4.39. The lowest BCUT2D eigenvalue weighted by molar-refractivity contribution is 0.190. The Bertz CT molecular complexity index is 1250. The molecule has 0 aliphatic carbocycles. The average molecular weight is 535 g/mol. The molecule has 1 aliphatic rings. The van der Waals surface area contributed by atoms with Crippen molar-refractivity contribution in [1.82, 2.24) is 14.7 Å². The van der Waals surface area contributed by atoms with Crippen LogP contribution in [0.15, 0.2) is 41.6 Å². The van der Waals surface area contributed by atoms with Gasteiger partial charge < -0.3 is 10.1 Å². The van der Waals surface area contributed by atoms with Gasteiger partial charge in [0.05, 0.1) is 16.7 Å². The monoisotopic (exact) mass is 534 g/mol. The van der Waals surface area contributed by atoms with Crippen LogP contribution in [0.3, 0.4) is 0 Å². The van der Waals surface area contributed by atoms with Crippen molar-refractivity contribution in [2.24, 2.45) is 5.92 Å². The van der Waals surface area contributed by atoms with Crippen molar-refractivity contribution in [2.45, 2.75) is 17.2 Å². The van der Waals surface area contributed by atoms with Crippen LogP contribution in [0.5, 0.6) is 5.75 Å². The van der Waals surface area contributed by atoms with Crippen molar-refractivity contribution in [3.05, 3.63) is 63.9 Å². The Morgan fingerprint density at radius 2 is 2.00 bits per heavy atom. The third-order valence-electron chi connectivity index (χ3n) is 5.29. The molecule has 4 rings (SSSR count). The number of rotatable bonds is 7. The Morgan fingerprint density at radius 1 is 1.18 bits per heavy atom. The lowest BCUT2D eigenvalue weighted by Crippen LogP contribution is -2.38. The number of ether oxygens (including phenoxy) is 1.